The topological polar surface area (TPSA) is 63.1 Å². The summed E-state index contributed by atoms with van der Waals surface area (Å²) in [7, 11) is 0. The Balaban J connectivity index is 2.37. The lowest BCUT2D eigenvalue weighted by atomic mass is 10.3. The Bertz CT molecular complexity index is 571. The number of aryl methyl sites for hydroxylation is 1. The van der Waals surface area contributed by atoms with Gasteiger partial charge in [0.1, 0.15) is 10.2 Å². The minimum absolute atomic E-state index is 0.132. The third-order valence-electron chi connectivity index (χ3n) is 1.84. The van der Waals surface area contributed by atoms with Crippen molar-refractivity contribution < 1.29 is 9.90 Å². The molecule has 17 heavy (non-hydrogen) atoms. The number of halogens is 1. The summed E-state index contributed by atoms with van der Waals surface area (Å²) in [4.78, 5) is 19.3. The number of rotatable bonds is 3. The first kappa shape index (κ1) is 12.3. The third kappa shape index (κ3) is 2.96. The number of carboxylic acid groups (broad SMARTS) is 1. The molecule has 0 aliphatic carbocycles. The average molecular weight is 287 g/mol. The number of hydrogen-bond donors (Lipinski definition) is 1. The van der Waals surface area contributed by atoms with Crippen LogP contribution in [0.25, 0.3) is 0 Å². The van der Waals surface area contributed by atoms with Gasteiger partial charge < -0.3 is 5.11 Å². The Morgan fingerprint density at radius 1 is 1.47 bits per heavy atom. The van der Waals surface area contributed by atoms with Gasteiger partial charge in [-0.15, -0.1) is 11.3 Å². The third-order valence-corrected chi connectivity index (χ3v) is 4.11. The van der Waals surface area contributed by atoms with E-state index in [1.165, 1.54) is 35.2 Å². The van der Waals surface area contributed by atoms with Crippen molar-refractivity contribution in [2.45, 2.75) is 16.3 Å². The molecule has 0 unspecified atom stereocenters. The number of carboxylic acids is 1. The van der Waals surface area contributed by atoms with Gasteiger partial charge in [0.05, 0.1) is 5.56 Å². The maximum absolute atomic E-state index is 11.0. The molecule has 0 radical (unpaired) electrons. The molecule has 2 heterocycles. The predicted octanol–water partition coefficient (Wildman–Crippen LogP) is 3.35. The summed E-state index contributed by atoms with van der Waals surface area (Å²) in [6.07, 6.45) is 0. The second-order valence-corrected chi connectivity index (χ2v) is 5.63. The fraction of sp³-hybridized carbons (Fsp3) is 0.100. The SMILES string of the molecule is Cc1csc(Sc2nc(Cl)ccc2C(=O)O)n1. The predicted molar refractivity (Wildman–Crippen MR) is 67.2 cm³/mol. The van der Waals surface area contributed by atoms with Crippen molar-refractivity contribution in [3.63, 3.8) is 0 Å². The summed E-state index contributed by atoms with van der Waals surface area (Å²) in [6.45, 7) is 1.88. The first-order valence-electron chi connectivity index (χ1n) is 4.56. The normalized spacial score (nSPS) is 10.5. The van der Waals surface area contributed by atoms with Crippen LogP contribution >= 0.6 is 34.7 Å². The average Bonchev–Trinajstić information content (AvgIpc) is 2.63. The Labute approximate surface area is 111 Å². The Hall–Kier alpha value is -1.11. The van der Waals surface area contributed by atoms with Gasteiger partial charge in [0, 0.05) is 11.1 Å². The molecule has 2 aromatic heterocycles. The second-order valence-electron chi connectivity index (χ2n) is 3.15. The van der Waals surface area contributed by atoms with E-state index in [1.54, 1.807) is 0 Å². The molecule has 0 aromatic carbocycles. The van der Waals surface area contributed by atoms with Gasteiger partial charge in [-0.3, -0.25) is 0 Å². The van der Waals surface area contributed by atoms with Gasteiger partial charge in [-0.1, -0.05) is 11.6 Å². The highest BCUT2D eigenvalue weighted by molar-refractivity contribution is 8.01. The van der Waals surface area contributed by atoms with Crippen LogP contribution < -0.4 is 0 Å². The van der Waals surface area contributed by atoms with Crippen LogP contribution in [0.5, 0.6) is 0 Å². The number of nitrogens with zero attached hydrogens (tertiary/aromatic N) is 2. The molecule has 0 aliphatic rings. The molecule has 0 bridgehead atoms. The number of pyridine rings is 1. The monoisotopic (exact) mass is 286 g/mol. The van der Waals surface area contributed by atoms with E-state index in [-0.39, 0.29) is 10.7 Å². The summed E-state index contributed by atoms with van der Waals surface area (Å²) in [5, 5.41) is 11.6. The molecule has 0 amide bonds. The largest absolute Gasteiger partial charge is 0.478 e. The molecule has 1 N–H and O–H groups in total. The number of aromatic carboxylic acids is 1. The molecule has 0 atom stereocenters. The van der Waals surface area contributed by atoms with E-state index in [1.807, 2.05) is 12.3 Å². The molecule has 7 heteroatoms. The van der Waals surface area contributed by atoms with Gasteiger partial charge in [0.2, 0.25) is 0 Å². The summed E-state index contributed by atoms with van der Waals surface area (Å²) in [5.74, 6) is -1.02. The summed E-state index contributed by atoms with van der Waals surface area (Å²) in [5.41, 5.74) is 1.03. The van der Waals surface area contributed by atoms with E-state index in [9.17, 15) is 4.79 Å². The quantitative estimate of drug-likeness (QED) is 0.877. The van der Waals surface area contributed by atoms with Gasteiger partial charge in [0.15, 0.2) is 4.34 Å². The van der Waals surface area contributed by atoms with Gasteiger partial charge in [-0.25, -0.2) is 14.8 Å². The zero-order valence-electron chi connectivity index (χ0n) is 8.68. The maximum Gasteiger partial charge on any atom is 0.338 e. The Morgan fingerprint density at radius 2 is 2.24 bits per heavy atom. The van der Waals surface area contributed by atoms with E-state index < -0.39 is 5.97 Å². The van der Waals surface area contributed by atoms with Gasteiger partial charge >= 0.3 is 5.97 Å². The van der Waals surface area contributed by atoms with Crippen LogP contribution in [-0.4, -0.2) is 21.0 Å². The zero-order chi connectivity index (χ0) is 12.4. The second kappa shape index (κ2) is 5.03. The van der Waals surface area contributed by atoms with Gasteiger partial charge in [0.25, 0.3) is 0 Å². The van der Waals surface area contributed by atoms with Gasteiger partial charge in [-0.2, -0.15) is 0 Å². The van der Waals surface area contributed by atoms with Crippen LogP contribution in [0.2, 0.25) is 5.15 Å². The van der Waals surface area contributed by atoms with Crippen molar-refractivity contribution in [2.75, 3.05) is 0 Å². The summed E-state index contributed by atoms with van der Waals surface area (Å²) >= 11 is 8.41. The van der Waals surface area contributed by atoms with Crippen molar-refractivity contribution in [3.05, 3.63) is 33.9 Å². The van der Waals surface area contributed by atoms with Crippen LogP contribution in [0.1, 0.15) is 16.1 Å². The molecular weight excluding hydrogens is 280 g/mol. The number of carbonyl (C=O) groups is 1. The Morgan fingerprint density at radius 3 is 2.82 bits per heavy atom. The highest BCUT2D eigenvalue weighted by Crippen LogP contribution is 2.32. The van der Waals surface area contributed by atoms with Crippen molar-refractivity contribution in [2.24, 2.45) is 0 Å². The zero-order valence-corrected chi connectivity index (χ0v) is 11.1. The number of thiazole rings is 1. The highest BCUT2D eigenvalue weighted by Gasteiger charge is 2.14. The first-order chi connectivity index (χ1) is 8.06. The van der Waals surface area contributed by atoms with Crippen LogP contribution in [0, 0.1) is 6.92 Å². The smallest absolute Gasteiger partial charge is 0.338 e. The summed E-state index contributed by atoms with van der Waals surface area (Å²) in [6, 6.07) is 2.91. The standard InChI is InChI=1S/C10H7ClN2O2S2/c1-5-4-16-10(12-5)17-8-6(9(14)15)2-3-7(11)13-8/h2-4H,1H3,(H,14,15). The van der Waals surface area contributed by atoms with Crippen LogP contribution in [-0.2, 0) is 0 Å². The van der Waals surface area contributed by atoms with Crippen molar-refractivity contribution >= 4 is 40.7 Å². The van der Waals surface area contributed by atoms with E-state index >= 15 is 0 Å². The molecule has 0 aliphatic heterocycles. The number of aromatic nitrogens is 2. The fourth-order valence-electron chi connectivity index (χ4n) is 1.12. The summed E-state index contributed by atoms with van der Waals surface area (Å²) < 4.78 is 0.750. The van der Waals surface area contributed by atoms with Crippen LogP contribution in [0.15, 0.2) is 26.9 Å². The minimum atomic E-state index is -1.02. The molecule has 0 fully saturated rings. The fourth-order valence-corrected chi connectivity index (χ4v) is 3.18. The van der Waals surface area contributed by atoms with E-state index in [4.69, 9.17) is 16.7 Å². The minimum Gasteiger partial charge on any atom is -0.478 e. The highest BCUT2D eigenvalue weighted by atomic mass is 35.5. The van der Waals surface area contributed by atoms with Crippen molar-refractivity contribution in [3.8, 4) is 0 Å². The molecule has 0 spiro atoms. The lowest BCUT2D eigenvalue weighted by Crippen LogP contribution is -2.00. The van der Waals surface area contributed by atoms with Crippen LogP contribution in [0.3, 0.4) is 0 Å². The number of hydrogen-bond acceptors (Lipinski definition) is 5. The molecule has 2 aromatic rings. The van der Waals surface area contributed by atoms with E-state index in [0.29, 0.717) is 5.03 Å². The first-order valence-corrected chi connectivity index (χ1v) is 6.63. The molecule has 0 saturated carbocycles. The lowest BCUT2D eigenvalue weighted by molar-refractivity contribution is 0.0692. The van der Waals surface area contributed by atoms with Crippen LogP contribution in [0.4, 0.5) is 0 Å². The van der Waals surface area contributed by atoms with E-state index in [0.717, 1.165) is 10.0 Å². The van der Waals surface area contributed by atoms with E-state index in [2.05, 4.69) is 9.97 Å². The Kier molecular flexibility index (Phi) is 3.66. The van der Waals surface area contributed by atoms with Gasteiger partial charge in [-0.05, 0) is 30.8 Å². The van der Waals surface area contributed by atoms with Crippen molar-refractivity contribution in [1.82, 2.24) is 9.97 Å². The molecule has 2 rings (SSSR count). The maximum atomic E-state index is 11.0. The molecule has 4 nitrogen and oxygen atoms in total. The van der Waals surface area contributed by atoms with Crippen molar-refractivity contribution in [1.29, 1.82) is 0 Å². The molecular formula is C10H7ClN2O2S2. The molecule has 88 valence electrons. The molecule has 0 saturated heterocycles. The lowest BCUT2D eigenvalue weighted by Gasteiger charge is -2.02.